The Labute approximate surface area is 112 Å². The second-order valence-corrected chi connectivity index (χ2v) is 4.25. The number of hydrogen-bond donors (Lipinski definition) is 2. The Bertz CT molecular complexity index is 613. The zero-order valence-corrected chi connectivity index (χ0v) is 10.6. The highest BCUT2D eigenvalue weighted by atomic mass is 16.4. The van der Waals surface area contributed by atoms with E-state index in [1.807, 2.05) is 37.3 Å². The molecular weight excluding hydrogens is 238 g/mol. The lowest BCUT2D eigenvalue weighted by atomic mass is 10.1. The number of benzene rings is 2. The van der Waals surface area contributed by atoms with Gasteiger partial charge in [0.25, 0.3) is 0 Å². The van der Waals surface area contributed by atoms with Crippen molar-refractivity contribution in [3.63, 3.8) is 0 Å². The summed E-state index contributed by atoms with van der Waals surface area (Å²) >= 11 is 0. The van der Waals surface area contributed by atoms with Gasteiger partial charge in [0.05, 0.1) is 0 Å². The quantitative estimate of drug-likeness (QED) is 0.499. The minimum atomic E-state index is 0.0869. The van der Waals surface area contributed by atoms with Gasteiger partial charge in [0.1, 0.15) is 11.5 Å². The first-order valence-corrected chi connectivity index (χ1v) is 5.96. The van der Waals surface area contributed by atoms with E-state index in [0.29, 0.717) is 11.3 Å². The Morgan fingerprint density at radius 2 is 1.74 bits per heavy atom. The van der Waals surface area contributed by atoms with Gasteiger partial charge in [-0.1, -0.05) is 53.2 Å². The summed E-state index contributed by atoms with van der Waals surface area (Å²) < 4.78 is 0. The molecule has 0 unspecified atom stereocenters. The molecule has 0 atom stereocenters. The molecule has 0 spiro atoms. The number of phenols is 1. The molecule has 19 heavy (non-hydrogen) atoms. The fourth-order valence-electron chi connectivity index (χ4n) is 1.72. The third kappa shape index (κ3) is 3.22. The molecule has 0 saturated heterocycles. The van der Waals surface area contributed by atoms with Crippen LogP contribution < -0.4 is 0 Å². The summed E-state index contributed by atoms with van der Waals surface area (Å²) in [5.74, 6) is 0.0869. The lowest BCUT2D eigenvalue weighted by Crippen LogP contribution is -1.96. The number of allylic oxidation sites excluding steroid dienone is 1. The third-order valence-corrected chi connectivity index (χ3v) is 2.80. The summed E-state index contributed by atoms with van der Waals surface area (Å²) in [5.41, 5.74) is 3.00. The first-order chi connectivity index (χ1) is 9.20. The Morgan fingerprint density at radius 3 is 2.37 bits per heavy atom. The van der Waals surface area contributed by atoms with Crippen molar-refractivity contribution in [2.75, 3.05) is 0 Å². The van der Waals surface area contributed by atoms with E-state index in [-0.39, 0.29) is 5.75 Å². The molecule has 0 fully saturated rings. The molecule has 0 bridgehead atoms. The molecule has 2 aromatic carbocycles. The normalized spacial score (nSPS) is 11.9. The van der Waals surface area contributed by atoms with E-state index in [0.717, 1.165) is 5.56 Å². The van der Waals surface area contributed by atoms with Gasteiger partial charge in [-0.2, -0.15) is 0 Å². The van der Waals surface area contributed by atoms with Crippen molar-refractivity contribution in [3.05, 3.63) is 71.3 Å². The maximum absolute atomic E-state index is 9.72. The van der Waals surface area contributed by atoms with Crippen molar-refractivity contribution in [1.82, 2.24) is 0 Å². The molecule has 0 amide bonds. The van der Waals surface area contributed by atoms with Crippen LogP contribution in [0.15, 0.2) is 59.8 Å². The molecule has 2 N–H and O–H groups in total. The molecular formula is C16H15NO2. The number of phenolic OH excluding ortho intramolecular Hbond substituents is 1. The van der Waals surface area contributed by atoms with Crippen molar-refractivity contribution < 1.29 is 10.3 Å². The van der Waals surface area contributed by atoms with Crippen molar-refractivity contribution >= 4 is 11.8 Å². The van der Waals surface area contributed by atoms with Crippen LogP contribution in [0.3, 0.4) is 0 Å². The third-order valence-electron chi connectivity index (χ3n) is 2.80. The van der Waals surface area contributed by atoms with Crippen molar-refractivity contribution in [2.45, 2.75) is 6.92 Å². The average molecular weight is 253 g/mol. The topological polar surface area (TPSA) is 52.8 Å². The van der Waals surface area contributed by atoms with Crippen LogP contribution in [0.4, 0.5) is 0 Å². The molecule has 96 valence electrons. The van der Waals surface area contributed by atoms with Crippen LogP contribution in [0.25, 0.3) is 6.08 Å². The number of rotatable bonds is 3. The Balaban J connectivity index is 2.25. The number of nitrogens with zero attached hydrogens (tertiary/aromatic N) is 1. The van der Waals surface area contributed by atoms with Gasteiger partial charge in [-0.15, -0.1) is 0 Å². The molecule has 2 rings (SSSR count). The number of para-hydroxylation sites is 1. The lowest BCUT2D eigenvalue weighted by Gasteiger charge is -2.02. The highest BCUT2D eigenvalue weighted by Crippen LogP contribution is 2.17. The summed E-state index contributed by atoms with van der Waals surface area (Å²) in [7, 11) is 0. The molecule has 0 heterocycles. The zero-order valence-electron chi connectivity index (χ0n) is 10.6. The van der Waals surface area contributed by atoms with Crippen molar-refractivity contribution in [1.29, 1.82) is 0 Å². The van der Waals surface area contributed by atoms with E-state index < -0.39 is 0 Å². The number of oxime groups is 1. The van der Waals surface area contributed by atoms with Gasteiger partial charge in [0.2, 0.25) is 0 Å². The van der Waals surface area contributed by atoms with Gasteiger partial charge in [0.15, 0.2) is 0 Å². The molecule has 0 radical (unpaired) electrons. The second-order valence-electron chi connectivity index (χ2n) is 4.25. The Morgan fingerprint density at radius 1 is 1.05 bits per heavy atom. The molecule has 0 saturated carbocycles. The summed E-state index contributed by atoms with van der Waals surface area (Å²) in [6.45, 7) is 2.02. The standard InChI is InChI=1S/C16H15NO2/c1-12-6-8-13(9-7-12)10-11-15(17-19)14-4-2-3-5-16(14)18/h2-11,18-19H,1H3/b11-10+,17-15-. The van der Waals surface area contributed by atoms with E-state index in [9.17, 15) is 5.11 Å². The second kappa shape index (κ2) is 5.87. The summed E-state index contributed by atoms with van der Waals surface area (Å²) in [5, 5.41) is 22.0. The van der Waals surface area contributed by atoms with E-state index in [2.05, 4.69) is 5.16 Å². The SMILES string of the molecule is Cc1ccc(/C=C/C(=N/O)c2ccccc2O)cc1. The predicted octanol–water partition coefficient (Wildman–Crippen LogP) is 3.59. The van der Waals surface area contributed by atoms with Gasteiger partial charge in [-0.05, 0) is 30.7 Å². The van der Waals surface area contributed by atoms with Gasteiger partial charge in [-0.25, -0.2) is 0 Å². The van der Waals surface area contributed by atoms with Gasteiger partial charge < -0.3 is 10.3 Å². The Hall–Kier alpha value is -2.55. The van der Waals surface area contributed by atoms with Crippen LogP contribution in [-0.4, -0.2) is 16.0 Å². The number of hydrogen-bond acceptors (Lipinski definition) is 3. The summed E-state index contributed by atoms with van der Waals surface area (Å²) in [6, 6.07) is 14.7. The first-order valence-electron chi connectivity index (χ1n) is 5.96. The number of aromatic hydroxyl groups is 1. The van der Waals surface area contributed by atoms with Gasteiger partial charge in [-0.3, -0.25) is 0 Å². The van der Waals surface area contributed by atoms with E-state index in [1.54, 1.807) is 30.3 Å². The van der Waals surface area contributed by atoms with E-state index >= 15 is 0 Å². The maximum atomic E-state index is 9.72. The predicted molar refractivity (Wildman–Crippen MR) is 76.6 cm³/mol. The summed E-state index contributed by atoms with van der Waals surface area (Å²) in [6.07, 6.45) is 3.50. The molecule has 3 heteroatoms. The maximum Gasteiger partial charge on any atom is 0.125 e. The van der Waals surface area contributed by atoms with E-state index in [1.165, 1.54) is 5.56 Å². The van der Waals surface area contributed by atoms with Crippen LogP contribution in [-0.2, 0) is 0 Å². The van der Waals surface area contributed by atoms with Gasteiger partial charge >= 0.3 is 0 Å². The molecule has 0 aromatic heterocycles. The van der Waals surface area contributed by atoms with Crippen LogP contribution in [0.5, 0.6) is 5.75 Å². The summed E-state index contributed by atoms with van der Waals surface area (Å²) in [4.78, 5) is 0. The monoisotopic (exact) mass is 253 g/mol. The molecule has 2 aromatic rings. The van der Waals surface area contributed by atoms with Gasteiger partial charge in [0, 0.05) is 5.56 Å². The highest BCUT2D eigenvalue weighted by Gasteiger charge is 2.05. The Kier molecular flexibility index (Phi) is 3.98. The van der Waals surface area contributed by atoms with Crippen LogP contribution >= 0.6 is 0 Å². The zero-order chi connectivity index (χ0) is 13.7. The lowest BCUT2D eigenvalue weighted by molar-refractivity contribution is 0.319. The fourth-order valence-corrected chi connectivity index (χ4v) is 1.72. The number of aryl methyl sites for hydroxylation is 1. The fraction of sp³-hybridized carbons (Fsp3) is 0.0625. The van der Waals surface area contributed by atoms with Crippen molar-refractivity contribution in [3.8, 4) is 5.75 Å². The molecule has 0 aliphatic carbocycles. The average Bonchev–Trinajstić information content (AvgIpc) is 2.43. The van der Waals surface area contributed by atoms with E-state index in [4.69, 9.17) is 5.21 Å². The largest absolute Gasteiger partial charge is 0.507 e. The van der Waals surface area contributed by atoms with Crippen LogP contribution in [0.1, 0.15) is 16.7 Å². The minimum Gasteiger partial charge on any atom is -0.507 e. The smallest absolute Gasteiger partial charge is 0.125 e. The molecule has 3 nitrogen and oxygen atoms in total. The molecule has 0 aliphatic rings. The molecule has 0 aliphatic heterocycles. The highest BCUT2D eigenvalue weighted by molar-refractivity contribution is 6.12. The van der Waals surface area contributed by atoms with Crippen LogP contribution in [0, 0.1) is 6.92 Å². The minimum absolute atomic E-state index is 0.0869. The first kappa shape index (κ1) is 12.9. The van der Waals surface area contributed by atoms with Crippen LogP contribution in [0.2, 0.25) is 0 Å². The van der Waals surface area contributed by atoms with Crippen molar-refractivity contribution in [2.24, 2.45) is 5.16 Å².